The van der Waals surface area contributed by atoms with Crippen molar-refractivity contribution in [2.45, 2.75) is 58.5 Å². The maximum absolute atomic E-state index is 12.1. The average molecular weight is 306 g/mol. The monoisotopic (exact) mass is 305 g/mol. The number of nitrogens with one attached hydrogen (secondary N) is 2. The number of halogens is 1. The summed E-state index contributed by atoms with van der Waals surface area (Å²) in [6.07, 6.45) is 3.09. The topological polar surface area (TPSA) is 61.4 Å². The molecule has 0 spiro atoms. The van der Waals surface area contributed by atoms with Gasteiger partial charge in [-0.25, -0.2) is 0 Å². The maximum Gasteiger partial charge on any atom is 0.242 e. The first-order valence-electron chi connectivity index (χ1n) is 7.40. The normalized spacial score (nSPS) is 19.4. The van der Waals surface area contributed by atoms with Crippen LogP contribution in [0, 0.1) is 0 Å². The minimum absolute atomic E-state index is 0. The van der Waals surface area contributed by atoms with E-state index < -0.39 is 0 Å². The first-order chi connectivity index (χ1) is 9.10. The zero-order chi connectivity index (χ0) is 14.3. The summed E-state index contributed by atoms with van der Waals surface area (Å²) in [4.78, 5) is 25.8. The molecular weight excluding hydrogens is 278 g/mol. The second-order valence-electron chi connectivity index (χ2n) is 5.20. The zero-order valence-electron chi connectivity index (χ0n) is 12.8. The molecule has 6 heteroatoms. The molecule has 20 heavy (non-hydrogen) atoms. The number of amides is 2. The van der Waals surface area contributed by atoms with Gasteiger partial charge in [-0.05, 0) is 32.7 Å². The molecule has 0 aromatic heterocycles. The van der Waals surface area contributed by atoms with Gasteiger partial charge in [-0.3, -0.25) is 9.59 Å². The van der Waals surface area contributed by atoms with Gasteiger partial charge < -0.3 is 15.5 Å². The minimum atomic E-state index is -0.257. The number of rotatable bonds is 7. The standard InChI is InChI=1S/C14H27N3O2.ClH/c1-4-7-13(18)17-9-6-8-12(17)14(19)16-10-11(3)15-5-2;/h11-12,15H,4-10H2,1-3H3,(H,16,19);1H/t11-,12?;/m1./s1. The highest BCUT2D eigenvalue weighted by Crippen LogP contribution is 2.18. The number of likely N-dealkylation sites (tertiary alicyclic amines) is 1. The summed E-state index contributed by atoms with van der Waals surface area (Å²) in [7, 11) is 0. The van der Waals surface area contributed by atoms with Crippen LogP contribution in [0.1, 0.15) is 46.5 Å². The Labute approximate surface area is 128 Å². The molecule has 1 fully saturated rings. The van der Waals surface area contributed by atoms with E-state index >= 15 is 0 Å². The van der Waals surface area contributed by atoms with E-state index in [0.29, 0.717) is 13.0 Å². The lowest BCUT2D eigenvalue weighted by molar-refractivity contribution is -0.138. The first kappa shape index (κ1) is 19.2. The van der Waals surface area contributed by atoms with Gasteiger partial charge in [0, 0.05) is 25.6 Å². The fraction of sp³-hybridized carbons (Fsp3) is 0.857. The molecule has 1 rings (SSSR count). The lowest BCUT2D eigenvalue weighted by Gasteiger charge is -2.24. The minimum Gasteiger partial charge on any atom is -0.353 e. The molecule has 1 heterocycles. The third-order valence-electron chi connectivity index (χ3n) is 3.47. The summed E-state index contributed by atoms with van der Waals surface area (Å²) in [5.41, 5.74) is 0. The van der Waals surface area contributed by atoms with Gasteiger partial charge in [-0.2, -0.15) is 0 Å². The third kappa shape index (κ3) is 5.67. The number of likely N-dealkylation sites (N-methyl/N-ethyl adjacent to an activating group) is 1. The van der Waals surface area contributed by atoms with Crippen LogP contribution in [-0.2, 0) is 9.59 Å². The van der Waals surface area contributed by atoms with E-state index in [4.69, 9.17) is 0 Å². The number of carbonyl (C=O) groups is 2. The van der Waals surface area contributed by atoms with Crippen molar-refractivity contribution in [2.75, 3.05) is 19.6 Å². The van der Waals surface area contributed by atoms with Crippen LogP contribution in [0.5, 0.6) is 0 Å². The fourth-order valence-electron chi connectivity index (χ4n) is 2.49. The van der Waals surface area contributed by atoms with Crippen LogP contribution in [0.15, 0.2) is 0 Å². The van der Waals surface area contributed by atoms with Gasteiger partial charge >= 0.3 is 0 Å². The van der Waals surface area contributed by atoms with Crippen LogP contribution in [0.4, 0.5) is 0 Å². The highest BCUT2D eigenvalue weighted by molar-refractivity contribution is 5.88. The molecule has 2 N–H and O–H groups in total. The summed E-state index contributed by atoms with van der Waals surface area (Å²) in [5, 5.41) is 6.19. The molecule has 0 bridgehead atoms. The number of hydrogen-bond acceptors (Lipinski definition) is 3. The predicted molar refractivity (Wildman–Crippen MR) is 83.0 cm³/mol. The highest BCUT2D eigenvalue weighted by Gasteiger charge is 2.33. The Morgan fingerprint density at radius 2 is 2.05 bits per heavy atom. The molecule has 0 saturated carbocycles. The molecule has 0 radical (unpaired) electrons. The van der Waals surface area contributed by atoms with E-state index in [0.717, 1.165) is 32.4 Å². The molecule has 0 aromatic carbocycles. The van der Waals surface area contributed by atoms with E-state index in [1.165, 1.54) is 0 Å². The van der Waals surface area contributed by atoms with E-state index in [2.05, 4.69) is 10.6 Å². The quantitative estimate of drug-likeness (QED) is 0.745. The van der Waals surface area contributed by atoms with Gasteiger partial charge in [0.05, 0.1) is 0 Å². The highest BCUT2D eigenvalue weighted by atomic mass is 35.5. The predicted octanol–water partition coefficient (Wildman–Crippen LogP) is 1.31. The Kier molecular flexibility index (Phi) is 9.59. The molecule has 5 nitrogen and oxygen atoms in total. The van der Waals surface area contributed by atoms with Crippen molar-refractivity contribution in [1.82, 2.24) is 15.5 Å². The van der Waals surface area contributed by atoms with Gasteiger partial charge in [-0.1, -0.05) is 13.8 Å². The van der Waals surface area contributed by atoms with Crippen LogP contribution in [0.3, 0.4) is 0 Å². The van der Waals surface area contributed by atoms with Crippen molar-refractivity contribution in [3.8, 4) is 0 Å². The lowest BCUT2D eigenvalue weighted by atomic mass is 10.2. The zero-order valence-corrected chi connectivity index (χ0v) is 13.6. The molecule has 118 valence electrons. The van der Waals surface area contributed by atoms with Crippen LogP contribution in [0.2, 0.25) is 0 Å². The number of hydrogen-bond donors (Lipinski definition) is 2. The molecule has 1 unspecified atom stereocenters. The molecule has 2 atom stereocenters. The Balaban J connectivity index is 0.00000361. The summed E-state index contributed by atoms with van der Waals surface area (Å²) in [5.74, 6) is 0.103. The van der Waals surface area contributed by atoms with Gasteiger partial charge in [0.25, 0.3) is 0 Å². The smallest absolute Gasteiger partial charge is 0.242 e. The lowest BCUT2D eigenvalue weighted by Crippen LogP contribution is -2.48. The second-order valence-corrected chi connectivity index (χ2v) is 5.20. The van der Waals surface area contributed by atoms with Crippen molar-refractivity contribution in [1.29, 1.82) is 0 Å². The summed E-state index contributed by atoms with van der Waals surface area (Å²) < 4.78 is 0. The maximum atomic E-state index is 12.1. The average Bonchev–Trinajstić information content (AvgIpc) is 2.86. The third-order valence-corrected chi connectivity index (χ3v) is 3.47. The Hall–Kier alpha value is -0.810. The van der Waals surface area contributed by atoms with Crippen LogP contribution >= 0.6 is 12.4 Å². The molecule has 2 amide bonds. The van der Waals surface area contributed by atoms with Gasteiger partial charge in [0.15, 0.2) is 0 Å². The van der Waals surface area contributed by atoms with E-state index in [-0.39, 0.29) is 36.3 Å². The molecule has 0 aliphatic carbocycles. The molecule has 1 aliphatic heterocycles. The van der Waals surface area contributed by atoms with E-state index in [1.54, 1.807) is 4.90 Å². The summed E-state index contributed by atoms with van der Waals surface area (Å²) in [6.45, 7) is 8.29. The Morgan fingerprint density at radius 3 is 2.65 bits per heavy atom. The molecule has 1 aliphatic rings. The fourth-order valence-corrected chi connectivity index (χ4v) is 2.49. The van der Waals surface area contributed by atoms with Crippen LogP contribution in [-0.4, -0.2) is 48.4 Å². The van der Waals surface area contributed by atoms with Crippen LogP contribution in [0.25, 0.3) is 0 Å². The summed E-state index contributed by atoms with van der Waals surface area (Å²) >= 11 is 0. The van der Waals surface area contributed by atoms with E-state index in [9.17, 15) is 9.59 Å². The number of carbonyl (C=O) groups excluding carboxylic acids is 2. The summed E-state index contributed by atoms with van der Waals surface area (Å²) in [6, 6.07) is 0.00280. The second kappa shape index (κ2) is 10.00. The van der Waals surface area contributed by atoms with Gasteiger partial charge in [0.1, 0.15) is 6.04 Å². The SMILES string of the molecule is CCCC(=O)N1CCCC1C(=O)NC[C@@H](C)NCC.Cl. The largest absolute Gasteiger partial charge is 0.353 e. The molecule has 0 aromatic rings. The van der Waals surface area contributed by atoms with Crippen molar-refractivity contribution in [3.05, 3.63) is 0 Å². The van der Waals surface area contributed by atoms with E-state index in [1.807, 2.05) is 20.8 Å². The van der Waals surface area contributed by atoms with Crippen molar-refractivity contribution in [2.24, 2.45) is 0 Å². The first-order valence-corrected chi connectivity index (χ1v) is 7.40. The van der Waals surface area contributed by atoms with Crippen LogP contribution < -0.4 is 10.6 Å². The number of nitrogens with zero attached hydrogens (tertiary/aromatic N) is 1. The van der Waals surface area contributed by atoms with Crippen molar-refractivity contribution >= 4 is 24.2 Å². The van der Waals surface area contributed by atoms with Gasteiger partial charge in [0.2, 0.25) is 11.8 Å². The van der Waals surface area contributed by atoms with Crippen molar-refractivity contribution < 1.29 is 9.59 Å². The molecular formula is C14H28ClN3O2. The molecule has 1 saturated heterocycles. The van der Waals surface area contributed by atoms with Crippen molar-refractivity contribution in [3.63, 3.8) is 0 Å². The Morgan fingerprint density at radius 1 is 1.35 bits per heavy atom. The van der Waals surface area contributed by atoms with Gasteiger partial charge in [-0.15, -0.1) is 12.4 Å². The Bertz CT molecular complexity index is 313.